The summed E-state index contributed by atoms with van der Waals surface area (Å²) in [6.45, 7) is 3.20. The lowest BCUT2D eigenvalue weighted by Crippen LogP contribution is -2.37. The summed E-state index contributed by atoms with van der Waals surface area (Å²) in [7, 11) is 0. The molecule has 2 heterocycles. The van der Waals surface area contributed by atoms with Gasteiger partial charge in [-0.2, -0.15) is 0 Å². The van der Waals surface area contributed by atoms with Crippen LogP contribution in [0.4, 0.5) is 10.8 Å². The number of hydrogen-bond acceptors (Lipinski definition) is 5. The normalized spacial score (nSPS) is 16.9. The van der Waals surface area contributed by atoms with Crippen molar-refractivity contribution in [3.63, 3.8) is 0 Å². The Labute approximate surface area is 144 Å². The van der Waals surface area contributed by atoms with Gasteiger partial charge in [-0.3, -0.25) is 9.59 Å². The zero-order valence-corrected chi connectivity index (χ0v) is 14.3. The van der Waals surface area contributed by atoms with E-state index in [1.807, 2.05) is 29.6 Å². The highest BCUT2D eigenvalue weighted by atomic mass is 32.1. The molecule has 1 aliphatic rings. The Bertz CT molecular complexity index is 700. The second-order valence-corrected chi connectivity index (χ2v) is 6.74. The van der Waals surface area contributed by atoms with Crippen LogP contribution in [0.2, 0.25) is 0 Å². The molecule has 0 bridgehead atoms. The summed E-state index contributed by atoms with van der Waals surface area (Å²) in [6.07, 6.45) is 3.08. The van der Waals surface area contributed by atoms with Crippen LogP contribution in [0, 0.1) is 0 Å². The van der Waals surface area contributed by atoms with Crippen LogP contribution in [0.25, 0.3) is 0 Å². The van der Waals surface area contributed by atoms with Crippen molar-refractivity contribution in [2.24, 2.45) is 0 Å². The summed E-state index contributed by atoms with van der Waals surface area (Å²) in [4.78, 5) is 29.7. The smallest absolute Gasteiger partial charge is 0.224 e. The van der Waals surface area contributed by atoms with E-state index < -0.39 is 0 Å². The van der Waals surface area contributed by atoms with Gasteiger partial charge in [-0.25, -0.2) is 4.98 Å². The first-order valence-electron chi connectivity index (χ1n) is 7.90. The maximum atomic E-state index is 12.2. The Morgan fingerprint density at radius 1 is 1.33 bits per heavy atom. The average Bonchev–Trinajstić information content (AvgIpc) is 3.19. The molecule has 1 fully saturated rings. The second-order valence-electron chi connectivity index (χ2n) is 5.87. The standard InChI is InChI=1S/C17H20N4O2S/c1-12(22)19-14-4-2-13(3-5-14)10-16(23)20-15-6-8-21(11-15)17-18-7-9-24-17/h2-5,7,9,15H,6,8,10-11H2,1H3,(H,19,22)(H,20,23). The van der Waals surface area contributed by atoms with Crippen molar-refractivity contribution < 1.29 is 9.59 Å². The number of amides is 2. The van der Waals surface area contributed by atoms with E-state index in [1.54, 1.807) is 17.5 Å². The highest BCUT2D eigenvalue weighted by Gasteiger charge is 2.25. The molecule has 0 spiro atoms. The predicted molar refractivity (Wildman–Crippen MR) is 95.3 cm³/mol. The van der Waals surface area contributed by atoms with E-state index in [2.05, 4.69) is 20.5 Å². The number of hydrogen-bond donors (Lipinski definition) is 2. The number of carbonyl (C=O) groups is 2. The van der Waals surface area contributed by atoms with Crippen molar-refractivity contribution in [2.75, 3.05) is 23.3 Å². The first-order valence-corrected chi connectivity index (χ1v) is 8.78. The second kappa shape index (κ2) is 7.44. The van der Waals surface area contributed by atoms with E-state index in [-0.39, 0.29) is 17.9 Å². The van der Waals surface area contributed by atoms with Gasteiger partial charge < -0.3 is 15.5 Å². The highest BCUT2D eigenvalue weighted by Crippen LogP contribution is 2.22. The van der Waals surface area contributed by atoms with Gasteiger partial charge in [0.15, 0.2) is 5.13 Å². The molecular formula is C17H20N4O2S. The quantitative estimate of drug-likeness (QED) is 0.870. The van der Waals surface area contributed by atoms with Crippen LogP contribution in [0.3, 0.4) is 0 Å². The van der Waals surface area contributed by atoms with Crippen LogP contribution < -0.4 is 15.5 Å². The fourth-order valence-electron chi connectivity index (χ4n) is 2.80. The molecule has 6 nitrogen and oxygen atoms in total. The molecule has 1 atom stereocenters. The SMILES string of the molecule is CC(=O)Nc1ccc(CC(=O)NC2CCN(c3nccs3)C2)cc1. The minimum atomic E-state index is -0.105. The van der Waals surface area contributed by atoms with Gasteiger partial charge >= 0.3 is 0 Å². The van der Waals surface area contributed by atoms with Crippen molar-refractivity contribution in [3.8, 4) is 0 Å². The van der Waals surface area contributed by atoms with Crippen molar-refractivity contribution >= 4 is 34.0 Å². The zero-order chi connectivity index (χ0) is 16.9. The minimum Gasteiger partial charge on any atom is -0.351 e. The van der Waals surface area contributed by atoms with Gasteiger partial charge in [0.05, 0.1) is 6.42 Å². The molecule has 2 amide bonds. The molecule has 0 saturated carbocycles. The lowest BCUT2D eigenvalue weighted by Gasteiger charge is -2.15. The van der Waals surface area contributed by atoms with Gasteiger partial charge in [0, 0.05) is 43.3 Å². The van der Waals surface area contributed by atoms with Crippen molar-refractivity contribution in [1.29, 1.82) is 0 Å². The molecule has 2 N–H and O–H groups in total. The van der Waals surface area contributed by atoms with Gasteiger partial charge in [0.25, 0.3) is 0 Å². The van der Waals surface area contributed by atoms with Crippen molar-refractivity contribution in [1.82, 2.24) is 10.3 Å². The van der Waals surface area contributed by atoms with Crippen LogP contribution >= 0.6 is 11.3 Å². The summed E-state index contributed by atoms with van der Waals surface area (Å²) >= 11 is 1.62. The van der Waals surface area contributed by atoms with Crippen LogP contribution in [-0.2, 0) is 16.0 Å². The fraction of sp³-hybridized carbons (Fsp3) is 0.353. The highest BCUT2D eigenvalue weighted by molar-refractivity contribution is 7.13. The molecule has 24 heavy (non-hydrogen) atoms. The Morgan fingerprint density at radius 3 is 2.79 bits per heavy atom. The number of rotatable bonds is 5. The van der Waals surface area contributed by atoms with E-state index in [9.17, 15) is 9.59 Å². The molecule has 1 saturated heterocycles. The molecule has 1 aromatic heterocycles. The molecule has 0 radical (unpaired) electrons. The first kappa shape index (κ1) is 16.4. The molecule has 3 rings (SSSR count). The third-order valence-corrected chi connectivity index (χ3v) is 4.71. The molecular weight excluding hydrogens is 324 g/mol. The summed E-state index contributed by atoms with van der Waals surface area (Å²) < 4.78 is 0. The van der Waals surface area contributed by atoms with E-state index in [1.165, 1.54) is 6.92 Å². The number of benzene rings is 1. The maximum absolute atomic E-state index is 12.2. The lowest BCUT2D eigenvalue weighted by atomic mass is 10.1. The molecule has 0 aliphatic carbocycles. The first-order chi connectivity index (χ1) is 11.6. The lowest BCUT2D eigenvalue weighted by molar-refractivity contribution is -0.121. The predicted octanol–water partition coefficient (Wildman–Crippen LogP) is 2.04. The molecule has 7 heteroatoms. The van der Waals surface area contributed by atoms with Gasteiger partial charge in [0.1, 0.15) is 0 Å². The van der Waals surface area contributed by atoms with Crippen molar-refractivity contribution in [3.05, 3.63) is 41.4 Å². The van der Waals surface area contributed by atoms with Crippen LogP contribution in [-0.4, -0.2) is 35.9 Å². The van der Waals surface area contributed by atoms with Gasteiger partial charge in [-0.05, 0) is 24.1 Å². The fourth-order valence-corrected chi connectivity index (χ4v) is 3.48. The number of thiazole rings is 1. The van der Waals surface area contributed by atoms with Crippen LogP contribution in [0.15, 0.2) is 35.8 Å². The van der Waals surface area contributed by atoms with E-state index in [4.69, 9.17) is 0 Å². The summed E-state index contributed by atoms with van der Waals surface area (Å²) in [5.41, 5.74) is 1.66. The third-order valence-electron chi connectivity index (χ3n) is 3.88. The third kappa shape index (κ3) is 4.32. The van der Waals surface area contributed by atoms with E-state index in [0.717, 1.165) is 35.9 Å². The Hall–Kier alpha value is -2.41. The molecule has 1 unspecified atom stereocenters. The van der Waals surface area contributed by atoms with Crippen molar-refractivity contribution in [2.45, 2.75) is 25.8 Å². The largest absolute Gasteiger partial charge is 0.351 e. The van der Waals surface area contributed by atoms with Crippen LogP contribution in [0.1, 0.15) is 18.9 Å². The molecule has 126 valence electrons. The summed E-state index contributed by atoms with van der Waals surface area (Å²) in [5.74, 6) is -0.0835. The monoisotopic (exact) mass is 344 g/mol. The summed E-state index contributed by atoms with van der Waals surface area (Å²) in [6, 6.07) is 7.51. The molecule has 2 aromatic rings. The number of aromatic nitrogens is 1. The Kier molecular flexibility index (Phi) is 5.10. The van der Waals surface area contributed by atoms with E-state index >= 15 is 0 Å². The minimum absolute atomic E-state index is 0.0215. The summed E-state index contributed by atoms with van der Waals surface area (Å²) in [5, 5.41) is 8.78. The maximum Gasteiger partial charge on any atom is 0.224 e. The van der Waals surface area contributed by atoms with Gasteiger partial charge in [-0.1, -0.05) is 12.1 Å². The topological polar surface area (TPSA) is 74.3 Å². The zero-order valence-electron chi connectivity index (χ0n) is 13.5. The average molecular weight is 344 g/mol. The van der Waals surface area contributed by atoms with Crippen LogP contribution in [0.5, 0.6) is 0 Å². The van der Waals surface area contributed by atoms with Gasteiger partial charge in [-0.15, -0.1) is 11.3 Å². The van der Waals surface area contributed by atoms with Gasteiger partial charge in [0.2, 0.25) is 11.8 Å². The number of carbonyl (C=O) groups excluding carboxylic acids is 2. The number of nitrogens with zero attached hydrogens (tertiary/aromatic N) is 2. The Balaban J connectivity index is 1.48. The molecule has 1 aliphatic heterocycles. The molecule has 1 aromatic carbocycles. The Morgan fingerprint density at radius 2 is 2.12 bits per heavy atom. The number of nitrogens with one attached hydrogen (secondary N) is 2. The number of anilines is 2. The van der Waals surface area contributed by atoms with E-state index in [0.29, 0.717) is 6.42 Å².